The fourth-order valence-corrected chi connectivity index (χ4v) is 3.08. The van der Waals surface area contributed by atoms with Gasteiger partial charge in [0, 0.05) is 30.5 Å². The Hall–Kier alpha value is -3.28. The van der Waals surface area contributed by atoms with Gasteiger partial charge in [-0.25, -0.2) is 4.79 Å². The van der Waals surface area contributed by atoms with Gasteiger partial charge in [-0.2, -0.15) is 5.10 Å². The number of nitrogens with one attached hydrogen (secondary N) is 2. The van der Waals surface area contributed by atoms with Crippen LogP contribution in [0.3, 0.4) is 0 Å². The topological polar surface area (TPSA) is 70.2 Å². The summed E-state index contributed by atoms with van der Waals surface area (Å²) >= 11 is 0. The number of amides is 2. The number of methoxy groups -OCH3 is 1. The van der Waals surface area contributed by atoms with Crippen molar-refractivity contribution in [3.8, 4) is 17.0 Å². The molecule has 0 aliphatic carbocycles. The van der Waals surface area contributed by atoms with Crippen LogP contribution in [0, 0.1) is 0 Å². The second-order valence-corrected chi connectivity index (χ2v) is 7.04. The van der Waals surface area contributed by atoms with Gasteiger partial charge < -0.3 is 15.0 Å². The third kappa shape index (κ3) is 6.10. The molecular weight excluding hydrogens is 364 g/mol. The van der Waals surface area contributed by atoms with E-state index in [1.807, 2.05) is 49.5 Å². The van der Waals surface area contributed by atoms with E-state index in [2.05, 4.69) is 33.7 Å². The van der Waals surface area contributed by atoms with Crippen LogP contribution in [0.25, 0.3) is 11.3 Å². The number of hydrogen-bond donors (Lipinski definition) is 2. The minimum Gasteiger partial charge on any atom is -0.497 e. The molecule has 0 fully saturated rings. The Labute approximate surface area is 171 Å². The summed E-state index contributed by atoms with van der Waals surface area (Å²) in [7, 11) is 3.44. The Balaban J connectivity index is 1.34. The van der Waals surface area contributed by atoms with E-state index in [0.29, 0.717) is 0 Å². The van der Waals surface area contributed by atoms with Gasteiger partial charge >= 0.3 is 6.03 Å². The van der Waals surface area contributed by atoms with Crippen molar-refractivity contribution in [2.75, 3.05) is 26.0 Å². The van der Waals surface area contributed by atoms with Gasteiger partial charge in [0.1, 0.15) is 5.75 Å². The summed E-state index contributed by atoms with van der Waals surface area (Å²) in [5.41, 5.74) is 4.01. The number of H-pyrrole nitrogens is 1. The molecule has 3 aromatic rings. The van der Waals surface area contributed by atoms with Gasteiger partial charge in [-0.05, 0) is 49.6 Å². The summed E-state index contributed by atoms with van der Waals surface area (Å²) in [6, 6.07) is 19.5. The van der Waals surface area contributed by atoms with Gasteiger partial charge in [-0.1, -0.05) is 36.8 Å². The van der Waals surface area contributed by atoms with Crippen LogP contribution in [-0.2, 0) is 6.42 Å². The molecule has 1 heterocycles. The molecule has 0 unspecified atom stereocenters. The van der Waals surface area contributed by atoms with E-state index in [4.69, 9.17) is 4.74 Å². The number of carbonyl (C=O) groups excluding carboxylic acids is 1. The normalized spacial score (nSPS) is 10.6. The van der Waals surface area contributed by atoms with Crippen LogP contribution in [0.5, 0.6) is 5.75 Å². The lowest BCUT2D eigenvalue weighted by Crippen LogP contribution is -2.32. The number of unbranched alkanes of at least 4 members (excludes halogenated alkanes) is 2. The van der Waals surface area contributed by atoms with E-state index >= 15 is 0 Å². The van der Waals surface area contributed by atoms with E-state index in [-0.39, 0.29) is 6.03 Å². The number of aromatic amines is 1. The molecule has 0 atom stereocenters. The standard InChI is InChI=1S/C23H28N4O2/c1-27(23(28)24-19-12-14-21(29-2)15-13-19)16-8-4-7-11-20-17-22(26-25-20)18-9-5-3-6-10-18/h3,5-6,9-10,12-15,17H,4,7-8,11,16H2,1-2H3,(H,24,28)(H,25,26). The molecule has 0 bridgehead atoms. The Morgan fingerprint density at radius 1 is 1.07 bits per heavy atom. The third-order valence-corrected chi connectivity index (χ3v) is 4.83. The molecule has 0 aliphatic heterocycles. The van der Waals surface area contributed by atoms with Crippen LogP contribution in [0.4, 0.5) is 10.5 Å². The predicted molar refractivity (Wildman–Crippen MR) is 116 cm³/mol. The number of carbonyl (C=O) groups is 1. The van der Waals surface area contributed by atoms with Crippen LogP contribution in [0.2, 0.25) is 0 Å². The Morgan fingerprint density at radius 3 is 2.55 bits per heavy atom. The highest BCUT2D eigenvalue weighted by atomic mass is 16.5. The molecule has 0 saturated carbocycles. The summed E-state index contributed by atoms with van der Waals surface area (Å²) in [4.78, 5) is 14.0. The van der Waals surface area contributed by atoms with Crippen molar-refractivity contribution in [2.45, 2.75) is 25.7 Å². The zero-order valence-electron chi connectivity index (χ0n) is 17.0. The number of hydrogen-bond acceptors (Lipinski definition) is 3. The maximum Gasteiger partial charge on any atom is 0.321 e. The first kappa shape index (κ1) is 20.5. The molecule has 2 N–H and O–H groups in total. The molecule has 29 heavy (non-hydrogen) atoms. The predicted octanol–water partition coefficient (Wildman–Crippen LogP) is 4.96. The number of aromatic nitrogens is 2. The molecule has 0 aliphatic rings. The number of nitrogens with zero attached hydrogens (tertiary/aromatic N) is 2. The number of urea groups is 1. The van der Waals surface area contributed by atoms with Crippen LogP contribution >= 0.6 is 0 Å². The van der Waals surface area contributed by atoms with E-state index in [1.165, 1.54) is 0 Å². The van der Waals surface area contributed by atoms with E-state index in [0.717, 1.165) is 60.6 Å². The van der Waals surface area contributed by atoms with Crippen molar-refractivity contribution < 1.29 is 9.53 Å². The average molecular weight is 393 g/mol. The quantitative estimate of drug-likeness (QED) is 0.506. The monoisotopic (exact) mass is 392 g/mol. The zero-order chi connectivity index (χ0) is 20.5. The minimum atomic E-state index is -0.101. The van der Waals surface area contributed by atoms with Crippen molar-refractivity contribution in [1.82, 2.24) is 15.1 Å². The molecule has 1 aromatic heterocycles. The molecule has 0 radical (unpaired) electrons. The fraction of sp³-hybridized carbons (Fsp3) is 0.304. The summed E-state index contributed by atoms with van der Waals surface area (Å²) in [5.74, 6) is 0.768. The van der Waals surface area contributed by atoms with Crippen LogP contribution in [0.15, 0.2) is 60.7 Å². The first-order valence-electron chi connectivity index (χ1n) is 9.91. The molecule has 152 valence electrons. The van der Waals surface area contributed by atoms with Gasteiger partial charge in [0.15, 0.2) is 0 Å². The van der Waals surface area contributed by atoms with Gasteiger partial charge in [0.05, 0.1) is 12.8 Å². The van der Waals surface area contributed by atoms with Crippen LogP contribution < -0.4 is 10.1 Å². The highest BCUT2D eigenvalue weighted by Gasteiger charge is 2.09. The number of anilines is 1. The third-order valence-electron chi connectivity index (χ3n) is 4.83. The molecule has 0 spiro atoms. The van der Waals surface area contributed by atoms with Gasteiger partial charge in [0.25, 0.3) is 0 Å². The molecular formula is C23H28N4O2. The molecule has 2 amide bonds. The van der Waals surface area contributed by atoms with Crippen molar-refractivity contribution in [3.63, 3.8) is 0 Å². The second-order valence-electron chi connectivity index (χ2n) is 7.04. The Morgan fingerprint density at radius 2 is 1.83 bits per heavy atom. The molecule has 2 aromatic carbocycles. The molecule has 6 nitrogen and oxygen atoms in total. The average Bonchev–Trinajstić information content (AvgIpc) is 3.23. The van der Waals surface area contributed by atoms with Gasteiger partial charge in [0.2, 0.25) is 0 Å². The van der Waals surface area contributed by atoms with Crippen LogP contribution in [-0.4, -0.2) is 41.8 Å². The maximum absolute atomic E-state index is 12.3. The Kier molecular flexibility index (Phi) is 7.28. The largest absolute Gasteiger partial charge is 0.497 e. The number of ether oxygens (including phenoxy) is 1. The van der Waals surface area contributed by atoms with Crippen molar-refractivity contribution in [1.29, 1.82) is 0 Å². The number of aryl methyl sites for hydroxylation is 1. The highest BCUT2D eigenvalue weighted by molar-refractivity contribution is 5.89. The maximum atomic E-state index is 12.3. The van der Waals surface area contributed by atoms with Crippen LogP contribution in [0.1, 0.15) is 25.0 Å². The van der Waals surface area contributed by atoms with Crippen molar-refractivity contribution in [3.05, 3.63) is 66.4 Å². The smallest absolute Gasteiger partial charge is 0.321 e. The van der Waals surface area contributed by atoms with Gasteiger partial charge in [-0.15, -0.1) is 0 Å². The van der Waals surface area contributed by atoms with E-state index in [1.54, 1.807) is 12.0 Å². The van der Waals surface area contributed by atoms with E-state index in [9.17, 15) is 4.79 Å². The molecule has 6 heteroatoms. The number of rotatable bonds is 9. The lowest BCUT2D eigenvalue weighted by Gasteiger charge is -2.18. The zero-order valence-corrected chi connectivity index (χ0v) is 17.0. The fourth-order valence-electron chi connectivity index (χ4n) is 3.08. The molecule has 0 saturated heterocycles. The lowest BCUT2D eigenvalue weighted by atomic mass is 10.1. The SMILES string of the molecule is COc1ccc(NC(=O)N(C)CCCCCc2cc(-c3ccccc3)n[nH]2)cc1. The first-order chi connectivity index (χ1) is 14.2. The summed E-state index contributed by atoms with van der Waals surface area (Å²) in [5, 5.41) is 10.4. The summed E-state index contributed by atoms with van der Waals surface area (Å²) in [6.45, 7) is 0.722. The molecule has 3 rings (SSSR count). The first-order valence-corrected chi connectivity index (χ1v) is 9.91. The number of benzene rings is 2. The van der Waals surface area contributed by atoms with E-state index < -0.39 is 0 Å². The minimum absolute atomic E-state index is 0.101. The second kappa shape index (κ2) is 10.3. The Bertz CT molecular complexity index is 891. The summed E-state index contributed by atoms with van der Waals surface area (Å²) < 4.78 is 5.12. The van der Waals surface area contributed by atoms with Crippen molar-refractivity contribution in [2.24, 2.45) is 0 Å². The van der Waals surface area contributed by atoms with Crippen molar-refractivity contribution >= 4 is 11.7 Å². The highest BCUT2D eigenvalue weighted by Crippen LogP contribution is 2.18. The van der Waals surface area contributed by atoms with Gasteiger partial charge in [-0.3, -0.25) is 5.10 Å². The lowest BCUT2D eigenvalue weighted by molar-refractivity contribution is 0.221. The summed E-state index contributed by atoms with van der Waals surface area (Å²) in [6.07, 6.45) is 4.04.